The Morgan fingerprint density at radius 1 is 1.20 bits per heavy atom. The quantitative estimate of drug-likeness (QED) is 0.506. The van der Waals surface area contributed by atoms with Gasteiger partial charge in [0.1, 0.15) is 0 Å². The molecule has 0 aliphatic carbocycles. The largest absolute Gasteiger partial charge is 0.354 e. The molecule has 15 heavy (non-hydrogen) atoms. The van der Waals surface area contributed by atoms with Crippen molar-refractivity contribution in [2.75, 3.05) is 5.88 Å². The van der Waals surface area contributed by atoms with E-state index in [1.54, 1.807) is 0 Å². The Morgan fingerprint density at radius 3 is 2.40 bits per heavy atom. The molecule has 90 valence electrons. The van der Waals surface area contributed by atoms with Gasteiger partial charge >= 0.3 is 0 Å². The minimum atomic E-state index is 0.163. The molecule has 0 saturated carbocycles. The molecule has 2 nitrogen and oxygen atoms in total. The van der Waals surface area contributed by atoms with Crippen LogP contribution in [0.1, 0.15) is 52.9 Å². The van der Waals surface area contributed by atoms with Gasteiger partial charge in [0.15, 0.2) is 0 Å². The maximum absolute atomic E-state index is 11.4. The predicted molar refractivity (Wildman–Crippen MR) is 66.2 cm³/mol. The summed E-state index contributed by atoms with van der Waals surface area (Å²) in [4.78, 5) is 11.4. The number of alkyl halides is 1. The van der Waals surface area contributed by atoms with Gasteiger partial charge in [0.05, 0.1) is 0 Å². The molecule has 1 amide bonds. The van der Waals surface area contributed by atoms with Crippen molar-refractivity contribution in [1.82, 2.24) is 5.32 Å². The lowest BCUT2D eigenvalue weighted by Gasteiger charge is -2.14. The number of hydrogen-bond donors (Lipinski definition) is 1. The van der Waals surface area contributed by atoms with Crippen LogP contribution in [0.5, 0.6) is 0 Å². The summed E-state index contributed by atoms with van der Waals surface area (Å²) in [6, 6.07) is 0.302. The third-order valence-electron chi connectivity index (χ3n) is 2.37. The van der Waals surface area contributed by atoms with Crippen LogP contribution in [0.2, 0.25) is 0 Å². The fourth-order valence-corrected chi connectivity index (χ4v) is 1.57. The van der Waals surface area contributed by atoms with E-state index >= 15 is 0 Å². The van der Waals surface area contributed by atoms with Crippen molar-refractivity contribution in [3.63, 3.8) is 0 Å². The van der Waals surface area contributed by atoms with Crippen LogP contribution in [0, 0.1) is 5.92 Å². The molecule has 1 atom stereocenters. The van der Waals surface area contributed by atoms with Crippen LogP contribution in [0.3, 0.4) is 0 Å². The molecule has 0 heterocycles. The third-order valence-corrected chi connectivity index (χ3v) is 2.64. The maximum atomic E-state index is 11.4. The number of amides is 1. The van der Waals surface area contributed by atoms with Gasteiger partial charge < -0.3 is 5.32 Å². The Morgan fingerprint density at radius 2 is 1.87 bits per heavy atom. The summed E-state index contributed by atoms with van der Waals surface area (Å²) in [6.45, 7) is 6.48. The van der Waals surface area contributed by atoms with E-state index in [0.717, 1.165) is 19.3 Å². The van der Waals surface area contributed by atoms with E-state index < -0.39 is 0 Å². The molecule has 0 aliphatic heterocycles. The third kappa shape index (κ3) is 10.1. The molecule has 1 unspecified atom stereocenters. The number of rotatable bonds is 8. The van der Waals surface area contributed by atoms with Crippen molar-refractivity contribution >= 4 is 17.5 Å². The molecule has 1 N–H and O–H groups in total. The fourth-order valence-electron chi connectivity index (χ4n) is 1.38. The smallest absolute Gasteiger partial charge is 0.220 e. The van der Waals surface area contributed by atoms with E-state index in [9.17, 15) is 4.79 Å². The summed E-state index contributed by atoms with van der Waals surface area (Å²) < 4.78 is 0. The number of unbranched alkanes of at least 4 members (excludes halogenated alkanes) is 1. The Kier molecular flexibility index (Phi) is 8.88. The zero-order valence-corrected chi connectivity index (χ0v) is 10.9. The van der Waals surface area contributed by atoms with Gasteiger partial charge in [-0.15, -0.1) is 11.6 Å². The number of carbonyl (C=O) groups excluding carboxylic acids is 1. The SMILES string of the molecule is CC(C)CCC(C)NC(=O)CCCCCl. The molecule has 0 aromatic heterocycles. The maximum Gasteiger partial charge on any atom is 0.220 e. The minimum Gasteiger partial charge on any atom is -0.354 e. The number of nitrogens with one attached hydrogen (secondary N) is 1. The number of hydrogen-bond acceptors (Lipinski definition) is 1. The second-order valence-electron chi connectivity index (χ2n) is 4.59. The van der Waals surface area contributed by atoms with Gasteiger partial charge in [-0.25, -0.2) is 0 Å². The van der Waals surface area contributed by atoms with Crippen molar-refractivity contribution in [1.29, 1.82) is 0 Å². The minimum absolute atomic E-state index is 0.163. The first-order valence-corrected chi connectivity index (χ1v) is 6.45. The predicted octanol–water partition coefficient (Wildman–Crippen LogP) is 3.34. The summed E-state index contributed by atoms with van der Waals surface area (Å²) in [7, 11) is 0. The van der Waals surface area contributed by atoms with E-state index in [4.69, 9.17) is 11.6 Å². The van der Waals surface area contributed by atoms with Crippen molar-refractivity contribution in [2.24, 2.45) is 5.92 Å². The first kappa shape index (κ1) is 14.8. The lowest BCUT2D eigenvalue weighted by molar-refractivity contribution is -0.121. The van der Waals surface area contributed by atoms with Crippen molar-refractivity contribution in [3.05, 3.63) is 0 Å². The monoisotopic (exact) mass is 233 g/mol. The van der Waals surface area contributed by atoms with Crippen molar-refractivity contribution in [3.8, 4) is 0 Å². The molecule has 0 fully saturated rings. The second kappa shape index (κ2) is 9.02. The fraction of sp³-hybridized carbons (Fsp3) is 0.917. The average Bonchev–Trinajstić information content (AvgIpc) is 2.15. The summed E-state index contributed by atoms with van der Waals surface area (Å²) in [5, 5.41) is 3.01. The van der Waals surface area contributed by atoms with Crippen LogP contribution in [0.15, 0.2) is 0 Å². The van der Waals surface area contributed by atoms with Crippen LogP contribution in [-0.2, 0) is 4.79 Å². The van der Waals surface area contributed by atoms with E-state index in [1.165, 1.54) is 6.42 Å². The van der Waals surface area contributed by atoms with Gasteiger partial charge in [0.2, 0.25) is 5.91 Å². The van der Waals surface area contributed by atoms with Gasteiger partial charge in [0.25, 0.3) is 0 Å². The van der Waals surface area contributed by atoms with Crippen LogP contribution < -0.4 is 5.32 Å². The van der Waals surface area contributed by atoms with Crippen molar-refractivity contribution < 1.29 is 4.79 Å². The normalized spacial score (nSPS) is 12.9. The first-order chi connectivity index (χ1) is 7.06. The van der Waals surface area contributed by atoms with E-state index in [0.29, 0.717) is 24.3 Å². The molecule has 0 aliphatic rings. The van der Waals surface area contributed by atoms with Gasteiger partial charge in [-0.1, -0.05) is 13.8 Å². The Labute approximate surface area is 98.8 Å². The molecule has 3 heteroatoms. The highest BCUT2D eigenvalue weighted by Crippen LogP contribution is 2.06. The van der Waals surface area contributed by atoms with Crippen LogP contribution in [-0.4, -0.2) is 17.8 Å². The highest BCUT2D eigenvalue weighted by Gasteiger charge is 2.07. The Balaban J connectivity index is 3.49. The molecule has 0 spiro atoms. The Hall–Kier alpha value is -0.240. The molecule has 0 aromatic carbocycles. The lowest BCUT2D eigenvalue weighted by atomic mass is 10.0. The van der Waals surface area contributed by atoms with Crippen LogP contribution in [0.25, 0.3) is 0 Å². The molecule has 0 saturated heterocycles. The zero-order valence-electron chi connectivity index (χ0n) is 10.2. The number of halogens is 1. The molecule has 0 radical (unpaired) electrons. The van der Waals surface area contributed by atoms with Gasteiger partial charge in [0, 0.05) is 18.3 Å². The second-order valence-corrected chi connectivity index (χ2v) is 4.96. The number of carbonyl (C=O) groups is 1. The van der Waals surface area contributed by atoms with Crippen LogP contribution >= 0.6 is 11.6 Å². The summed E-state index contributed by atoms with van der Waals surface area (Å²) in [6.07, 6.45) is 4.67. The molecule has 0 rings (SSSR count). The van der Waals surface area contributed by atoms with Crippen LogP contribution in [0.4, 0.5) is 0 Å². The summed E-state index contributed by atoms with van der Waals surface area (Å²) in [5.74, 6) is 1.52. The lowest BCUT2D eigenvalue weighted by Crippen LogP contribution is -2.32. The van der Waals surface area contributed by atoms with Gasteiger partial charge in [-0.2, -0.15) is 0 Å². The van der Waals surface area contributed by atoms with E-state index in [-0.39, 0.29) is 5.91 Å². The first-order valence-electron chi connectivity index (χ1n) is 5.91. The zero-order chi connectivity index (χ0) is 11.7. The van der Waals surface area contributed by atoms with Gasteiger partial charge in [-0.05, 0) is 38.5 Å². The summed E-state index contributed by atoms with van der Waals surface area (Å²) in [5.41, 5.74) is 0. The van der Waals surface area contributed by atoms with E-state index in [1.807, 2.05) is 0 Å². The molecular formula is C12H24ClNO. The van der Waals surface area contributed by atoms with Gasteiger partial charge in [-0.3, -0.25) is 4.79 Å². The molecular weight excluding hydrogens is 210 g/mol. The average molecular weight is 234 g/mol. The van der Waals surface area contributed by atoms with E-state index in [2.05, 4.69) is 26.1 Å². The topological polar surface area (TPSA) is 29.1 Å². The standard InChI is InChI=1S/C12H24ClNO/c1-10(2)7-8-11(3)14-12(15)6-4-5-9-13/h10-11H,4-9H2,1-3H3,(H,14,15). The summed E-state index contributed by atoms with van der Waals surface area (Å²) >= 11 is 5.54. The Bertz CT molecular complexity index is 171. The molecule has 0 bridgehead atoms. The van der Waals surface area contributed by atoms with Crippen molar-refractivity contribution in [2.45, 2.75) is 58.9 Å². The highest BCUT2D eigenvalue weighted by atomic mass is 35.5. The highest BCUT2D eigenvalue weighted by molar-refractivity contribution is 6.17. The molecule has 0 aromatic rings.